The standard InChI is InChI=1S/C24H18ClFN2O3/c1-14-17(5-3-6-18(14)23-27-28(2)24(30)31-23)16-11-9-15(10-12-16)13-21(29)22-19(25)7-4-8-20(22)26/h3-12H,13H2,1-2H3. The van der Waals surface area contributed by atoms with Crippen LogP contribution in [0.3, 0.4) is 0 Å². The molecular weight excluding hydrogens is 419 g/mol. The van der Waals surface area contributed by atoms with Gasteiger partial charge in [-0.2, -0.15) is 4.68 Å². The van der Waals surface area contributed by atoms with E-state index in [0.717, 1.165) is 32.5 Å². The summed E-state index contributed by atoms with van der Waals surface area (Å²) in [5.41, 5.74) is 4.17. The molecule has 0 atom stereocenters. The first-order chi connectivity index (χ1) is 14.8. The highest BCUT2D eigenvalue weighted by Crippen LogP contribution is 2.31. The van der Waals surface area contributed by atoms with Crippen molar-refractivity contribution in [2.24, 2.45) is 7.05 Å². The summed E-state index contributed by atoms with van der Waals surface area (Å²) in [6.07, 6.45) is 0.0407. The van der Waals surface area contributed by atoms with E-state index >= 15 is 0 Å². The molecule has 7 heteroatoms. The summed E-state index contributed by atoms with van der Waals surface area (Å²) in [5, 5.41) is 4.23. The fourth-order valence-electron chi connectivity index (χ4n) is 3.48. The van der Waals surface area contributed by atoms with Crippen molar-refractivity contribution in [2.45, 2.75) is 13.3 Å². The van der Waals surface area contributed by atoms with Gasteiger partial charge in [0.2, 0.25) is 5.89 Å². The van der Waals surface area contributed by atoms with E-state index in [4.69, 9.17) is 16.0 Å². The number of rotatable bonds is 5. The van der Waals surface area contributed by atoms with Gasteiger partial charge in [0.05, 0.1) is 10.6 Å². The van der Waals surface area contributed by atoms with E-state index in [-0.39, 0.29) is 28.7 Å². The molecule has 0 fully saturated rings. The number of halogens is 2. The van der Waals surface area contributed by atoms with Crippen molar-refractivity contribution in [2.75, 3.05) is 0 Å². The fourth-order valence-corrected chi connectivity index (χ4v) is 3.74. The molecule has 1 aromatic heterocycles. The lowest BCUT2D eigenvalue weighted by Gasteiger charge is -2.10. The van der Waals surface area contributed by atoms with Crippen molar-refractivity contribution in [1.82, 2.24) is 9.78 Å². The SMILES string of the molecule is Cc1c(-c2ccc(CC(=O)c3c(F)cccc3Cl)cc2)cccc1-c1nn(C)c(=O)o1. The number of nitrogens with zero attached hydrogens (tertiary/aromatic N) is 2. The van der Waals surface area contributed by atoms with Gasteiger partial charge in [0, 0.05) is 19.0 Å². The number of aromatic nitrogens is 2. The minimum atomic E-state index is -0.622. The van der Waals surface area contributed by atoms with Crippen molar-refractivity contribution in [1.29, 1.82) is 0 Å². The van der Waals surface area contributed by atoms with Crippen molar-refractivity contribution >= 4 is 17.4 Å². The summed E-state index contributed by atoms with van der Waals surface area (Å²) >= 11 is 6.00. The number of hydrogen-bond donors (Lipinski definition) is 0. The zero-order valence-corrected chi connectivity index (χ0v) is 17.6. The second-order valence-electron chi connectivity index (χ2n) is 7.17. The first kappa shape index (κ1) is 20.8. The van der Waals surface area contributed by atoms with E-state index in [2.05, 4.69) is 5.10 Å². The van der Waals surface area contributed by atoms with Gasteiger partial charge in [-0.3, -0.25) is 4.79 Å². The number of hydrogen-bond acceptors (Lipinski definition) is 4. The van der Waals surface area contributed by atoms with Crippen LogP contribution in [0.25, 0.3) is 22.6 Å². The summed E-state index contributed by atoms with van der Waals surface area (Å²) in [6.45, 7) is 1.93. The number of carbonyl (C=O) groups excluding carboxylic acids is 1. The molecule has 0 amide bonds. The molecule has 0 unspecified atom stereocenters. The minimum absolute atomic E-state index is 0.0407. The van der Waals surface area contributed by atoms with E-state index in [1.54, 1.807) is 0 Å². The van der Waals surface area contributed by atoms with Crippen LogP contribution in [0.4, 0.5) is 4.39 Å². The van der Waals surface area contributed by atoms with E-state index in [1.807, 2.05) is 49.4 Å². The average molecular weight is 437 g/mol. The molecule has 0 N–H and O–H groups in total. The number of aryl methyl sites for hydroxylation is 1. The van der Waals surface area contributed by atoms with Gasteiger partial charge >= 0.3 is 5.76 Å². The Labute approximate surface area is 182 Å². The summed E-state index contributed by atoms with van der Waals surface area (Å²) < 4.78 is 20.4. The molecule has 1 heterocycles. The Bertz CT molecular complexity index is 1320. The van der Waals surface area contributed by atoms with Crippen LogP contribution in [-0.4, -0.2) is 15.6 Å². The lowest BCUT2D eigenvalue weighted by Crippen LogP contribution is -2.09. The van der Waals surface area contributed by atoms with Gasteiger partial charge in [0.15, 0.2) is 5.78 Å². The molecule has 0 bridgehead atoms. The predicted molar refractivity (Wildman–Crippen MR) is 117 cm³/mol. The third-order valence-electron chi connectivity index (χ3n) is 5.12. The second-order valence-corrected chi connectivity index (χ2v) is 7.58. The Kier molecular flexibility index (Phi) is 5.57. The molecule has 0 aliphatic rings. The van der Waals surface area contributed by atoms with E-state index in [9.17, 15) is 14.0 Å². The normalized spacial score (nSPS) is 11.0. The Hall–Kier alpha value is -3.51. The van der Waals surface area contributed by atoms with Crippen LogP contribution in [0.2, 0.25) is 5.02 Å². The molecule has 0 radical (unpaired) electrons. The Morgan fingerprint density at radius 3 is 2.39 bits per heavy atom. The zero-order chi connectivity index (χ0) is 22.1. The van der Waals surface area contributed by atoms with Gasteiger partial charge in [0.25, 0.3) is 0 Å². The molecule has 0 saturated heterocycles. The van der Waals surface area contributed by atoms with Crippen LogP contribution in [0, 0.1) is 12.7 Å². The predicted octanol–water partition coefficient (Wildman–Crippen LogP) is 5.23. The molecule has 3 aromatic carbocycles. The van der Waals surface area contributed by atoms with Gasteiger partial charge in [-0.1, -0.05) is 54.1 Å². The Balaban J connectivity index is 1.61. The van der Waals surface area contributed by atoms with Crippen LogP contribution < -0.4 is 5.76 Å². The molecular formula is C24H18ClFN2O3. The highest BCUT2D eigenvalue weighted by molar-refractivity contribution is 6.34. The van der Waals surface area contributed by atoms with E-state index in [0.29, 0.717) is 0 Å². The summed E-state index contributed by atoms with van der Waals surface area (Å²) in [6, 6.07) is 17.3. The van der Waals surface area contributed by atoms with Crippen molar-refractivity contribution in [3.8, 4) is 22.6 Å². The zero-order valence-electron chi connectivity index (χ0n) is 16.9. The van der Waals surface area contributed by atoms with Crippen LogP contribution in [0.5, 0.6) is 0 Å². The molecule has 0 aliphatic heterocycles. The highest BCUT2D eigenvalue weighted by atomic mass is 35.5. The van der Waals surface area contributed by atoms with E-state index < -0.39 is 11.6 Å². The number of Topliss-reactive ketones (excluding diaryl/α,β-unsaturated/α-hetero) is 1. The third-order valence-corrected chi connectivity index (χ3v) is 5.44. The molecule has 0 saturated carbocycles. The van der Waals surface area contributed by atoms with Crippen LogP contribution in [-0.2, 0) is 13.5 Å². The average Bonchev–Trinajstić information content (AvgIpc) is 3.07. The minimum Gasteiger partial charge on any atom is -0.388 e. The van der Waals surface area contributed by atoms with Crippen molar-refractivity contribution < 1.29 is 13.6 Å². The van der Waals surface area contributed by atoms with Crippen LogP contribution in [0.1, 0.15) is 21.5 Å². The maximum absolute atomic E-state index is 14.0. The summed E-state index contributed by atoms with van der Waals surface area (Å²) in [5.74, 6) is -1.26. The lowest BCUT2D eigenvalue weighted by atomic mass is 9.94. The monoisotopic (exact) mass is 436 g/mol. The van der Waals surface area contributed by atoms with Gasteiger partial charge < -0.3 is 4.42 Å². The van der Waals surface area contributed by atoms with Crippen molar-refractivity contribution in [3.05, 3.63) is 98.7 Å². The molecule has 0 spiro atoms. The lowest BCUT2D eigenvalue weighted by molar-refractivity contribution is 0.0989. The molecule has 5 nitrogen and oxygen atoms in total. The highest BCUT2D eigenvalue weighted by Gasteiger charge is 2.17. The van der Waals surface area contributed by atoms with E-state index in [1.165, 1.54) is 25.2 Å². The topological polar surface area (TPSA) is 65.1 Å². The first-order valence-electron chi connectivity index (χ1n) is 9.56. The van der Waals surface area contributed by atoms with Gasteiger partial charge in [-0.25, -0.2) is 9.18 Å². The van der Waals surface area contributed by atoms with Gasteiger partial charge in [-0.15, -0.1) is 5.10 Å². The molecule has 4 aromatic rings. The second kappa shape index (κ2) is 8.32. The smallest absolute Gasteiger partial charge is 0.388 e. The largest absolute Gasteiger partial charge is 0.437 e. The fraction of sp³-hybridized carbons (Fsp3) is 0.125. The first-order valence-corrected chi connectivity index (χ1v) is 9.93. The maximum Gasteiger partial charge on any atom is 0.437 e. The number of ketones is 1. The quantitative estimate of drug-likeness (QED) is 0.401. The third kappa shape index (κ3) is 4.07. The molecule has 31 heavy (non-hydrogen) atoms. The molecule has 4 rings (SSSR count). The summed E-state index contributed by atoms with van der Waals surface area (Å²) in [4.78, 5) is 24.2. The van der Waals surface area contributed by atoms with Crippen LogP contribution in [0.15, 0.2) is 69.9 Å². The molecule has 0 aliphatic carbocycles. The molecule has 156 valence electrons. The van der Waals surface area contributed by atoms with Gasteiger partial charge in [-0.05, 0) is 47.4 Å². The maximum atomic E-state index is 14.0. The van der Waals surface area contributed by atoms with Crippen molar-refractivity contribution in [3.63, 3.8) is 0 Å². The van der Waals surface area contributed by atoms with Crippen LogP contribution >= 0.6 is 11.6 Å². The number of carbonyl (C=O) groups is 1. The summed E-state index contributed by atoms with van der Waals surface area (Å²) in [7, 11) is 1.53. The van der Waals surface area contributed by atoms with Gasteiger partial charge in [0.1, 0.15) is 5.82 Å². The Morgan fingerprint density at radius 2 is 1.74 bits per heavy atom. The number of benzene rings is 3. The Morgan fingerprint density at radius 1 is 1.06 bits per heavy atom.